The van der Waals surface area contributed by atoms with Gasteiger partial charge in [0, 0.05) is 19.0 Å². The molecule has 5 N–H and O–H groups in total. The number of hydrogen-bond donors (Lipinski definition) is 3. The maximum absolute atomic E-state index is 12.2. The first-order valence-electron chi connectivity index (χ1n) is 6.97. The molecule has 1 aliphatic heterocycles. The van der Waals surface area contributed by atoms with Crippen LogP contribution in [0.4, 0.5) is 0 Å². The van der Waals surface area contributed by atoms with E-state index in [1.807, 2.05) is 13.8 Å². The second-order valence-electron chi connectivity index (χ2n) is 5.46. The van der Waals surface area contributed by atoms with Gasteiger partial charge in [-0.2, -0.15) is 0 Å². The summed E-state index contributed by atoms with van der Waals surface area (Å²) in [6, 6.07) is -1.21. The third-order valence-corrected chi connectivity index (χ3v) is 3.29. The van der Waals surface area contributed by atoms with Gasteiger partial charge in [0.2, 0.25) is 17.7 Å². The maximum Gasteiger partial charge on any atom is 0.243 e. The normalized spacial score (nSPS) is 20.0. The molecule has 1 heterocycles. The van der Waals surface area contributed by atoms with Crippen molar-refractivity contribution in [1.82, 2.24) is 10.2 Å². The highest BCUT2D eigenvalue weighted by Crippen LogP contribution is 2.19. The molecule has 1 saturated heterocycles. The zero-order chi connectivity index (χ0) is 15.3. The van der Waals surface area contributed by atoms with Crippen LogP contribution in [0, 0.1) is 0 Å². The number of amides is 3. The van der Waals surface area contributed by atoms with Crippen LogP contribution in [0.3, 0.4) is 0 Å². The fourth-order valence-electron chi connectivity index (χ4n) is 2.32. The van der Waals surface area contributed by atoms with E-state index in [9.17, 15) is 14.4 Å². The molecule has 7 heteroatoms. The van der Waals surface area contributed by atoms with Crippen molar-refractivity contribution in [3.05, 3.63) is 0 Å². The number of hydrogen-bond acceptors (Lipinski definition) is 4. The second-order valence-corrected chi connectivity index (χ2v) is 5.46. The fourth-order valence-corrected chi connectivity index (χ4v) is 2.32. The summed E-state index contributed by atoms with van der Waals surface area (Å²) in [7, 11) is 0. The molecule has 0 spiro atoms. The molecule has 2 atom stereocenters. The van der Waals surface area contributed by atoms with Crippen LogP contribution < -0.4 is 16.8 Å². The Kier molecular flexibility index (Phi) is 5.94. The van der Waals surface area contributed by atoms with Crippen LogP contribution in [0.2, 0.25) is 0 Å². The molecule has 0 aliphatic carbocycles. The molecule has 1 rings (SSSR count). The molecule has 114 valence electrons. The van der Waals surface area contributed by atoms with Gasteiger partial charge in [-0.3, -0.25) is 14.4 Å². The Labute approximate surface area is 119 Å². The molecule has 7 nitrogen and oxygen atoms in total. The van der Waals surface area contributed by atoms with Gasteiger partial charge in [-0.25, -0.2) is 0 Å². The van der Waals surface area contributed by atoms with Crippen molar-refractivity contribution >= 4 is 17.7 Å². The molecule has 3 amide bonds. The van der Waals surface area contributed by atoms with E-state index in [1.165, 1.54) is 4.90 Å². The molecule has 1 fully saturated rings. The third kappa shape index (κ3) is 4.48. The van der Waals surface area contributed by atoms with Gasteiger partial charge >= 0.3 is 0 Å². The van der Waals surface area contributed by atoms with Crippen molar-refractivity contribution in [2.75, 3.05) is 6.54 Å². The Morgan fingerprint density at radius 3 is 2.55 bits per heavy atom. The van der Waals surface area contributed by atoms with Crippen LogP contribution >= 0.6 is 0 Å². The number of nitrogens with zero attached hydrogens (tertiary/aromatic N) is 1. The molecule has 0 aromatic carbocycles. The average Bonchev–Trinajstić information content (AvgIpc) is 2.83. The van der Waals surface area contributed by atoms with Gasteiger partial charge in [0.25, 0.3) is 0 Å². The average molecular weight is 284 g/mol. The van der Waals surface area contributed by atoms with Crippen molar-refractivity contribution in [2.45, 2.75) is 57.7 Å². The van der Waals surface area contributed by atoms with Crippen molar-refractivity contribution in [2.24, 2.45) is 11.5 Å². The minimum absolute atomic E-state index is 0.0311. The Hall–Kier alpha value is -1.63. The van der Waals surface area contributed by atoms with E-state index in [4.69, 9.17) is 11.5 Å². The highest BCUT2D eigenvalue weighted by atomic mass is 16.2. The summed E-state index contributed by atoms with van der Waals surface area (Å²) >= 11 is 0. The Morgan fingerprint density at radius 1 is 1.35 bits per heavy atom. The Morgan fingerprint density at radius 2 is 2.00 bits per heavy atom. The zero-order valence-electron chi connectivity index (χ0n) is 12.1. The number of carbonyl (C=O) groups is 3. The van der Waals surface area contributed by atoms with Crippen LogP contribution in [0.5, 0.6) is 0 Å². The number of likely N-dealkylation sites (tertiary alicyclic amines) is 1. The van der Waals surface area contributed by atoms with Crippen molar-refractivity contribution in [3.63, 3.8) is 0 Å². The summed E-state index contributed by atoms with van der Waals surface area (Å²) in [5.41, 5.74) is 10.8. The van der Waals surface area contributed by atoms with Gasteiger partial charge in [-0.1, -0.05) is 0 Å². The van der Waals surface area contributed by atoms with Gasteiger partial charge in [0.15, 0.2) is 0 Å². The van der Waals surface area contributed by atoms with Crippen molar-refractivity contribution < 1.29 is 14.4 Å². The fraction of sp³-hybridized carbons (Fsp3) is 0.769. The van der Waals surface area contributed by atoms with Gasteiger partial charge < -0.3 is 21.7 Å². The van der Waals surface area contributed by atoms with E-state index in [0.717, 1.165) is 6.42 Å². The van der Waals surface area contributed by atoms with Crippen LogP contribution in [0.1, 0.15) is 39.5 Å². The standard InChI is InChI=1S/C13H24N4O3/c1-8(2)16-12(19)10-4-3-7-17(10)13(20)9(14)5-6-11(15)18/h8-10H,3-7,14H2,1-2H3,(H2,15,18)(H,16,19)/t9-,10-/m0/s1. The third-order valence-electron chi connectivity index (χ3n) is 3.29. The molecule has 0 unspecified atom stereocenters. The van der Waals surface area contributed by atoms with E-state index < -0.39 is 18.0 Å². The van der Waals surface area contributed by atoms with Crippen molar-refractivity contribution in [1.29, 1.82) is 0 Å². The molecule has 0 radical (unpaired) electrons. The summed E-state index contributed by atoms with van der Waals surface area (Å²) in [6.07, 6.45) is 1.71. The lowest BCUT2D eigenvalue weighted by Crippen LogP contribution is -2.52. The molecule has 1 aliphatic rings. The zero-order valence-corrected chi connectivity index (χ0v) is 12.1. The number of nitrogens with one attached hydrogen (secondary N) is 1. The monoisotopic (exact) mass is 284 g/mol. The van der Waals surface area contributed by atoms with Crippen molar-refractivity contribution in [3.8, 4) is 0 Å². The number of rotatable bonds is 6. The predicted molar refractivity (Wildman–Crippen MR) is 74.4 cm³/mol. The summed E-state index contributed by atoms with van der Waals surface area (Å²) < 4.78 is 0. The molecule has 0 saturated carbocycles. The first-order valence-corrected chi connectivity index (χ1v) is 6.97. The minimum atomic E-state index is -0.782. The van der Waals surface area contributed by atoms with Crippen LogP contribution in [0.25, 0.3) is 0 Å². The topological polar surface area (TPSA) is 119 Å². The van der Waals surface area contributed by atoms with E-state index in [2.05, 4.69) is 5.32 Å². The molecule has 0 aromatic heterocycles. The second kappa shape index (κ2) is 7.23. The van der Waals surface area contributed by atoms with E-state index in [0.29, 0.717) is 13.0 Å². The molecular weight excluding hydrogens is 260 g/mol. The van der Waals surface area contributed by atoms with Gasteiger partial charge in [-0.05, 0) is 33.1 Å². The van der Waals surface area contributed by atoms with E-state index >= 15 is 0 Å². The summed E-state index contributed by atoms with van der Waals surface area (Å²) in [5.74, 6) is -0.913. The first-order chi connectivity index (χ1) is 9.32. The number of nitrogens with two attached hydrogens (primary N) is 2. The lowest BCUT2D eigenvalue weighted by molar-refractivity contribution is -0.139. The SMILES string of the molecule is CC(C)NC(=O)[C@@H]1CCCN1C(=O)[C@@H](N)CCC(N)=O. The summed E-state index contributed by atoms with van der Waals surface area (Å²) in [4.78, 5) is 36.5. The number of primary amides is 1. The highest BCUT2D eigenvalue weighted by Gasteiger charge is 2.36. The molecule has 0 bridgehead atoms. The Bertz CT molecular complexity index is 384. The molecular formula is C13H24N4O3. The lowest BCUT2D eigenvalue weighted by Gasteiger charge is -2.27. The van der Waals surface area contributed by atoms with E-state index in [-0.39, 0.29) is 30.7 Å². The highest BCUT2D eigenvalue weighted by molar-refractivity contribution is 5.90. The van der Waals surface area contributed by atoms with Crippen LogP contribution in [-0.4, -0.2) is 47.3 Å². The maximum atomic E-state index is 12.2. The van der Waals surface area contributed by atoms with Gasteiger partial charge in [0.05, 0.1) is 6.04 Å². The summed E-state index contributed by atoms with van der Waals surface area (Å²) in [5, 5.41) is 2.81. The van der Waals surface area contributed by atoms with E-state index in [1.54, 1.807) is 0 Å². The van der Waals surface area contributed by atoms with Gasteiger partial charge in [-0.15, -0.1) is 0 Å². The summed E-state index contributed by atoms with van der Waals surface area (Å²) in [6.45, 7) is 4.27. The first kappa shape index (κ1) is 16.4. The number of carbonyl (C=O) groups excluding carboxylic acids is 3. The largest absolute Gasteiger partial charge is 0.370 e. The smallest absolute Gasteiger partial charge is 0.243 e. The minimum Gasteiger partial charge on any atom is -0.370 e. The van der Waals surface area contributed by atoms with Crippen LogP contribution in [0.15, 0.2) is 0 Å². The predicted octanol–water partition coefficient (Wildman–Crippen LogP) is -0.905. The van der Waals surface area contributed by atoms with Gasteiger partial charge in [0.1, 0.15) is 6.04 Å². The molecule has 0 aromatic rings. The Balaban J connectivity index is 2.61. The quantitative estimate of drug-likeness (QED) is 0.585. The van der Waals surface area contributed by atoms with Crippen LogP contribution in [-0.2, 0) is 14.4 Å². The lowest BCUT2D eigenvalue weighted by atomic mass is 10.1. The molecule has 20 heavy (non-hydrogen) atoms.